The zero-order chi connectivity index (χ0) is 16.9. The third-order valence-corrected chi connectivity index (χ3v) is 6.02. The molecule has 0 aromatic heterocycles. The number of rotatable bonds is 6. The van der Waals surface area contributed by atoms with Crippen molar-refractivity contribution in [2.75, 3.05) is 38.5 Å². The van der Waals surface area contributed by atoms with E-state index in [0.717, 1.165) is 0 Å². The van der Waals surface area contributed by atoms with E-state index in [0.29, 0.717) is 43.4 Å². The average Bonchev–Trinajstić information content (AvgIpc) is 2.54. The molecule has 128 valence electrons. The van der Waals surface area contributed by atoms with Crippen molar-refractivity contribution in [1.82, 2.24) is 9.21 Å². The minimum atomic E-state index is -3.20. The monoisotopic (exact) mass is 360 g/mol. The van der Waals surface area contributed by atoms with E-state index in [1.54, 1.807) is 29.2 Å². The van der Waals surface area contributed by atoms with Crippen LogP contribution in [0.1, 0.15) is 13.3 Å². The molecule has 1 aliphatic heterocycles. The van der Waals surface area contributed by atoms with Gasteiger partial charge in [-0.2, -0.15) is 4.31 Å². The number of piperazine rings is 1. The summed E-state index contributed by atoms with van der Waals surface area (Å²) < 4.78 is 30.9. The normalized spacial score (nSPS) is 16.3. The highest BCUT2D eigenvalue weighted by Crippen LogP contribution is 2.23. The lowest BCUT2D eigenvalue weighted by Crippen LogP contribution is -2.52. The van der Waals surface area contributed by atoms with Crippen LogP contribution in [0.5, 0.6) is 5.75 Å². The molecule has 2 rings (SSSR count). The quantitative estimate of drug-likeness (QED) is 0.772. The Kier molecular flexibility index (Phi) is 6.26. The number of hydrogen-bond donors (Lipinski definition) is 0. The fourth-order valence-corrected chi connectivity index (χ4v) is 4.08. The summed E-state index contributed by atoms with van der Waals surface area (Å²) in [6, 6.07) is 6.96. The summed E-state index contributed by atoms with van der Waals surface area (Å²) in [5, 5.41) is 0.454. The Bertz CT molecular complexity index is 643. The number of halogens is 1. The highest BCUT2D eigenvalue weighted by molar-refractivity contribution is 7.89. The van der Waals surface area contributed by atoms with Gasteiger partial charge in [-0.1, -0.05) is 30.7 Å². The van der Waals surface area contributed by atoms with Gasteiger partial charge in [0.15, 0.2) is 6.61 Å². The van der Waals surface area contributed by atoms with Crippen LogP contribution in [0.2, 0.25) is 5.02 Å². The number of sulfonamides is 1. The maximum atomic E-state index is 12.2. The Balaban J connectivity index is 1.83. The third kappa shape index (κ3) is 4.83. The second kappa shape index (κ2) is 7.99. The van der Waals surface area contributed by atoms with Crippen LogP contribution in [-0.2, 0) is 14.8 Å². The van der Waals surface area contributed by atoms with Crippen molar-refractivity contribution >= 4 is 27.5 Å². The molecule has 0 radical (unpaired) electrons. The van der Waals surface area contributed by atoms with Crippen molar-refractivity contribution in [2.45, 2.75) is 13.3 Å². The number of nitrogens with zero attached hydrogens (tertiary/aromatic N) is 2. The lowest BCUT2D eigenvalue weighted by atomic mass is 10.3. The van der Waals surface area contributed by atoms with Gasteiger partial charge in [-0.05, 0) is 18.6 Å². The molecule has 0 bridgehead atoms. The average molecular weight is 361 g/mol. The second-order valence-electron chi connectivity index (χ2n) is 5.31. The van der Waals surface area contributed by atoms with Crippen molar-refractivity contribution in [3.05, 3.63) is 29.3 Å². The second-order valence-corrected chi connectivity index (χ2v) is 7.81. The van der Waals surface area contributed by atoms with Gasteiger partial charge in [0, 0.05) is 26.2 Å². The Morgan fingerprint density at radius 1 is 1.22 bits per heavy atom. The van der Waals surface area contributed by atoms with Crippen LogP contribution >= 0.6 is 11.6 Å². The molecule has 8 heteroatoms. The van der Waals surface area contributed by atoms with Crippen molar-refractivity contribution in [1.29, 1.82) is 0 Å². The van der Waals surface area contributed by atoms with Crippen LogP contribution in [0.15, 0.2) is 24.3 Å². The summed E-state index contributed by atoms with van der Waals surface area (Å²) in [4.78, 5) is 13.8. The minimum absolute atomic E-state index is 0.106. The zero-order valence-corrected chi connectivity index (χ0v) is 14.6. The van der Waals surface area contributed by atoms with E-state index >= 15 is 0 Å². The molecule has 0 saturated carbocycles. The number of ether oxygens (including phenoxy) is 1. The molecule has 0 unspecified atom stereocenters. The van der Waals surface area contributed by atoms with Gasteiger partial charge in [0.1, 0.15) is 5.75 Å². The molecule has 1 amide bonds. The predicted molar refractivity (Wildman–Crippen MR) is 89.2 cm³/mol. The van der Waals surface area contributed by atoms with E-state index in [2.05, 4.69) is 0 Å². The Labute approximate surface area is 142 Å². The van der Waals surface area contributed by atoms with Crippen molar-refractivity contribution < 1.29 is 17.9 Å². The molecule has 1 aliphatic rings. The summed E-state index contributed by atoms with van der Waals surface area (Å²) in [7, 11) is -3.20. The van der Waals surface area contributed by atoms with Crippen LogP contribution in [0.4, 0.5) is 0 Å². The Morgan fingerprint density at radius 2 is 1.87 bits per heavy atom. The number of carbonyl (C=O) groups is 1. The topological polar surface area (TPSA) is 66.9 Å². The maximum Gasteiger partial charge on any atom is 0.260 e. The first-order valence-electron chi connectivity index (χ1n) is 7.57. The molecule has 1 aromatic carbocycles. The first-order valence-corrected chi connectivity index (χ1v) is 9.55. The first kappa shape index (κ1) is 18.0. The largest absolute Gasteiger partial charge is 0.482 e. The fourth-order valence-electron chi connectivity index (χ4n) is 2.40. The molecule has 6 nitrogen and oxygen atoms in total. The number of hydrogen-bond acceptors (Lipinski definition) is 4. The highest BCUT2D eigenvalue weighted by Gasteiger charge is 2.28. The molecule has 1 fully saturated rings. The van der Waals surface area contributed by atoms with Gasteiger partial charge in [-0.3, -0.25) is 4.79 Å². The van der Waals surface area contributed by atoms with E-state index in [-0.39, 0.29) is 18.3 Å². The minimum Gasteiger partial charge on any atom is -0.482 e. The smallest absolute Gasteiger partial charge is 0.260 e. The fraction of sp³-hybridized carbons (Fsp3) is 0.533. The van der Waals surface area contributed by atoms with Crippen LogP contribution in [0.25, 0.3) is 0 Å². The van der Waals surface area contributed by atoms with E-state index in [4.69, 9.17) is 16.3 Å². The van der Waals surface area contributed by atoms with Gasteiger partial charge in [0.2, 0.25) is 10.0 Å². The molecular weight excluding hydrogens is 340 g/mol. The lowest BCUT2D eigenvalue weighted by molar-refractivity contribution is -0.134. The molecule has 1 saturated heterocycles. The Hall–Kier alpha value is -1.31. The number of para-hydroxylation sites is 1. The van der Waals surface area contributed by atoms with E-state index < -0.39 is 10.0 Å². The number of amides is 1. The number of benzene rings is 1. The summed E-state index contributed by atoms with van der Waals surface area (Å²) in [6.45, 7) is 3.16. The zero-order valence-electron chi connectivity index (χ0n) is 13.1. The van der Waals surface area contributed by atoms with E-state index in [1.165, 1.54) is 4.31 Å². The molecule has 1 aromatic rings. The van der Waals surface area contributed by atoms with Gasteiger partial charge < -0.3 is 9.64 Å². The van der Waals surface area contributed by atoms with Crippen molar-refractivity contribution in [2.24, 2.45) is 0 Å². The summed E-state index contributed by atoms with van der Waals surface area (Å²) in [5.41, 5.74) is 0. The Morgan fingerprint density at radius 3 is 2.48 bits per heavy atom. The SMILES string of the molecule is CCCS(=O)(=O)N1CCN(C(=O)COc2ccccc2Cl)CC1. The van der Waals surface area contributed by atoms with E-state index in [1.807, 2.05) is 6.92 Å². The molecular formula is C15H21ClN2O4S. The first-order chi connectivity index (χ1) is 10.9. The van der Waals surface area contributed by atoms with Crippen LogP contribution in [0, 0.1) is 0 Å². The summed E-state index contributed by atoms with van der Waals surface area (Å²) in [5.74, 6) is 0.445. The van der Waals surface area contributed by atoms with Crippen molar-refractivity contribution in [3.63, 3.8) is 0 Å². The molecule has 23 heavy (non-hydrogen) atoms. The van der Waals surface area contributed by atoms with Crippen LogP contribution in [-0.4, -0.2) is 62.1 Å². The van der Waals surface area contributed by atoms with Gasteiger partial charge in [0.25, 0.3) is 5.91 Å². The molecule has 1 heterocycles. The molecule has 0 spiro atoms. The van der Waals surface area contributed by atoms with Gasteiger partial charge in [-0.25, -0.2) is 8.42 Å². The van der Waals surface area contributed by atoms with Gasteiger partial charge in [-0.15, -0.1) is 0 Å². The van der Waals surface area contributed by atoms with Gasteiger partial charge in [0.05, 0.1) is 10.8 Å². The third-order valence-electron chi connectivity index (χ3n) is 3.63. The summed E-state index contributed by atoms with van der Waals surface area (Å²) in [6.07, 6.45) is 0.590. The highest BCUT2D eigenvalue weighted by atomic mass is 35.5. The maximum absolute atomic E-state index is 12.2. The molecule has 0 aliphatic carbocycles. The van der Waals surface area contributed by atoms with E-state index in [9.17, 15) is 13.2 Å². The number of carbonyl (C=O) groups excluding carboxylic acids is 1. The lowest BCUT2D eigenvalue weighted by Gasteiger charge is -2.33. The van der Waals surface area contributed by atoms with Crippen LogP contribution < -0.4 is 4.74 Å². The van der Waals surface area contributed by atoms with Crippen molar-refractivity contribution in [3.8, 4) is 5.75 Å². The standard InChI is InChI=1S/C15H21ClN2O4S/c1-2-11-23(20,21)18-9-7-17(8-10-18)15(19)12-22-14-6-4-3-5-13(14)16/h3-6H,2,7-12H2,1H3. The molecule has 0 N–H and O–H groups in total. The predicted octanol–water partition coefficient (Wildman–Crippen LogP) is 1.60. The molecule has 0 atom stereocenters. The summed E-state index contributed by atoms with van der Waals surface area (Å²) >= 11 is 5.97. The van der Waals surface area contributed by atoms with Crippen LogP contribution in [0.3, 0.4) is 0 Å². The van der Waals surface area contributed by atoms with Gasteiger partial charge >= 0.3 is 0 Å².